The van der Waals surface area contributed by atoms with Gasteiger partial charge in [0.05, 0.1) is 0 Å². The zero-order valence-electron chi connectivity index (χ0n) is 15.1. The Labute approximate surface area is 148 Å². The summed E-state index contributed by atoms with van der Waals surface area (Å²) in [5, 5.41) is 7.15. The van der Waals surface area contributed by atoms with Crippen molar-refractivity contribution in [1.82, 2.24) is 14.7 Å². The van der Waals surface area contributed by atoms with E-state index in [1.165, 1.54) is 0 Å². The molecule has 6 nitrogen and oxygen atoms in total. The Bertz CT molecular complexity index is 700. The number of benzene rings is 1. The second-order valence-corrected chi connectivity index (χ2v) is 6.87. The van der Waals surface area contributed by atoms with Gasteiger partial charge in [0.2, 0.25) is 0 Å². The number of carbonyl (C=O) groups excluding carboxylic acids is 1. The smallest absolute Gasteiger partial charge is 0.276 e. The minimum absolute atomic E-state index is 0.205. The van der Waals surface area contributed by atoms with Crippen LogP contribution in [0.3, 0.4) is 0 Å². The Morgan fingerprint density at radius 2 is 1.88 bits per heavy atom. The van der Waals surface area contributed by atoms with Crippen LogP contribution in [0.25, 0.3) is 0 Å². The summed E-state index contributed by atoms with van der Waals surface area (Å²) in [4.78, 5) is 14.6. The van der Waals surface area contributed by atoms with Gasteiger partial charge in [-0.1, -0.05) is 0 Å². The SMILES string of the molecule is CC(C)n1ccc(C(=O)Nc2ccc(OC3CCN(C)CC3)cc2)n1. The summed E-state index contributed by atoms with van der Waals surface area (Å²) >= 11 is 0. The highest BCUT2D eigenvalue weighted by Crippen LogP contribution is 2.21. The first-order valence-electron chi connectivity index (χ1n) is 8.83. The zero-order chi connectivity index (χ0) is 17.8. The lowest BCUT2D eigenvalue weighted by Crippen LogP contribution is -2.35. The zero-order valence-corrected chi connectivity index (χ0v) is 15.1. The topological polar surface area (TPSA) is 59.4 Å². The maximum Gasteiger partial charge on any atom is 0.276 e. The van der Waals surface area contributed by atoms with Crippen LogP contribution in [-0.4, -0.2) is 46.8 Å². The monoisotopic (exact) mass is 342 g/mol. The summed E-state index contributed by atoms with van der Waals surface area (Å²) in [6.07, 6.45) is 4.19. The van der Waals surface area contributed by atoms with Gasteiger partial charge in [-0.2, -0.15) is 5.10 Å². The molecular weight excluding hydrogens is 316 g/mol. The maximum atomic E-state index is 12.3. The largest absolute Gasteiger partial charge is 0.490 e. The lowest BCUT2D eigenvalue weighted by atomic mass is 10.1. The molecule has 2 aromatic rings. The quantitative estimate of drug-likeness (QED) is 0.906. The van der Waals surface area contributed by atoms with E-state index in [4.69, 9.17) is 4.74 Å². The first-order valence-corrected chi connectivity index (χ1v) is 8.83. The van der Waals surface area contributed by atoms with Crippen molar-refractivity contribution in [2.45, 2.75) is 38.8 Å². The maximum absolute atomic E-state index is 12.3. The van der Waals surface area contributed by atoms with Crippen molar-refractivity contribution < 1.29 is 9.53 Å². The van der Waals surface area contributed by atoms with Gasteiger partial charge in [0.25, 0.3) is 5.91 Å². The van der Waals surface area contributed by atoms with Crippen LogP contribution in [0, 0.1) is 0 Å². The number of carbonyl (C=O) groups is 1. The van der Waals surface area contributed by atoms with Crippen molar-refractivity contribution in [1.29, 1.82) is 0 Å². The van der Waals surface area contributed by atoms with Gasteiger partial charge in [-0.05, 0) is 64.1 Å². The Balaban J connectivity index is 1.55. The number of likely N-dealkylation sites (tertiary alicyclic amines) is 1. The number of amides is 1. The number of nitrogens with one attached hydrogen (secondary N) is 1. The van der Waals surface area contributed by atoms with Crippen LogP contribution < -0.4 is 10.1 Å². The van der Waals surface area contributed by atoms with Crippen LogP contribution in [0.1, 0.15) is 43.2 Å². The molecule has 1 fully saturated rings. The summed E-state index contributed by atoms with van der Waals surface area (Å²) in [5.74, 6) is 0.639. The Kier molecular flexibility index (Phi) is 5.38. The highest BCUT2D eigenvalue weighted by Gasteiger charge is 2.18. The van der Waals surface area contributed by atoms with Crippen LogP contribution in [0.4, 0.5) is 5.69 Å². The molecule has 0 unspecified atom stereocenters. The molecule has 1 aliphatic heterocycles. The van der Waals surface area contributed by atoms with Crippen molar-refractivity contribution in [2.75, 3.05) is 25.5 Å². The van der Waals surface area contributed by atoms with E-state index in [9.17, 15) is 4.79 Å². The molecule has 0 bridgehead atoms. The molecule has 1 aromatic carbocycles. The fourth-order valence-electron chi connectivity index (χ4n) is 2.85. The molecule has 0 aliphatic carbocycles. The van der Waals surface area contributed by atoms with Gasteiger partial charge < -0.3 is 15.0 Å². The van der Waals surface area contributed by atoms with Crippen molar-refractivity contribution in [3.8, 4) is 5.75 Å². The molecule has 1 aromatic heterocycles. The number of anilines is 1. The van der Waals surface area contributed by atoms with E-state index in [-0.39, 0.29) is 18.1 Å². The highest BCUT2D eigenvalue weighted by atomic mass is 16.5. The molecule has 25 heavy (non-hydrogen) atoms. The Morgan fingerprint density at radius 3 is 2.48 bits per heavy atom. The van der Waals surface area contributed by atoms with Crippen LogP contribution in [-0.2, 0) is 0 Å². The van der Waals surface area contributed by atoms with Gasteiger partial charge in [0.1, 0.15) is 11.9 Å². The minimum Gasteiger partial charge on any atom is -0.490 e. The van der Waals surface area contributed by atoms with Crippen LogP contribution in [0.15, 0.2) is 36.5 Å². The molecular formula is C19H26N4O2. The first-order chi connectivity index (χ1) is 12.0. The third-order valence-corrected chi connectivity index (χ3v) is 4.45. The van der Waals surface area contributed by atoms with E-state index in [1.807, 2.05) is 44.3 Å². The van der Waals surface area contributed by atoms with Gasteiger partial charge in [-0.15, -0.1) is 0 Å². The number of aromatic nitrogens is 2. The Morgan fingerprint density at radius 1 is 1.20 bits per heavy atom. The van der Waals surface area contributed by atoms with Crippen molar-refractivity contribution in [3.05, 3.63) is 42.2 Å². The second-order valence-electron chi connectivity index (χ2n) is 6.87. The van der Waals surface area contributed by atoms with Crippen LogP contribution >= 0.6 is 0 Å². The minimum atomic E-state index is -0.205. The fourth-order valence-corrected chi connectivity index (χ4v) is 2.85. The van der Waals surface area contributed by atoms with E-state index >= 15 is 0 Å². The van der Waals surface area contributed by atoms with E-state index in [1.54, 1.807) is 10.7 Å². The van der Waals surface area contributed by atoms with Crippen molar-refractivity contribution in [2.24, 2.45) is 0 Å². The Hall–Kier alpha value is -2.34. The number of nitrogens with zero attached hydrogens (tertiary/aromatic N) is 3. The number of ether oxygens (including phenoxy) is 1. The summed E-state index contributed by atoms with van der Waals surface area (Å²) < 4.78 is 7.79. The molecule has 1 aliphatic rings. The predicted octanol–water partition coefficient (Wildman–Crippen LogP) is 3.19. The van der Waals surface area contributed by atoms with Gasteiger partial charge in [0, 0.05) is 31.0 Å². The number of rotatable bonds is 5. The number of hydrogen-bond donors (Lipinski definition) is 1. The summed E-state index contributed by atoms with van der Waals surface area (Å²) in [6.45, 7) is 6.19. The van der Waals surface area contributed by atoms with Crippen molar-refractivity contribution >= 4 is 11.6 Å². The van der Waals surface area contributed by atoms with E-state index in [2.05, 4.69) is 22.4 Å². The summed E-state index contributed by atoms with van der Waals surface area (Å²) in [7, 11) is 2.14. The highest BCUT2D eigenvalue weighted by molar-refractivity contribution is 6.02. The molecule has 3 rings (SSSR count). The van der Waals surface area contributed by atoms with Gasteiger partial charge in [-0.3, -0.25) is 9.48 Å². The third kappa shape index (κ3) is 4.60. The molecule has 0 spiro atoms. The lowest BCUT2D eigenvalue weighted by molar-refractivity contribution is 0.102. The fraction of sp³-hybridized carbons (Fsp3) is 0.474. The van der Waals surface area contributed by atoms with E-state index in [0.29, 0.717) is 5.69 Å². The molecule has 134 valence electrons. The lowest BCUT2D eigenvalue weighted by Gasteiger charge is -2.29. The van der Waals surface area contributed by atoms with Crippen LogP contribution in [0.2, 0.25) is 0 Å². The number of piperidine rings is 1. The summed E-state index contributed by atoms with van der Waals surface area (Å²) in [6, 6.07) is 9.50. The third-order valence-electron chi connectivity index (χ3n) is 4.45. The molecule has 0 atom stereocenters. The first kappa shape index (κ1) is 17.5. The molecule has 1 saturated heterocycles. The van der Waals surface area contributed by atoms with Crippen LogP contribution in [0.5, 0.6) is 5.75 Å². The predicted molar refractivity (Wildman–Crippen MR) is 98.2 cm³/mol. The van der Waals surface area contributed by atoms with Gasteiger partial charge in [-0.25, -0.2) is 0 Å². The average molecular weight is 342 g/mol. The standard InChI is InChI=1S/C19H26N4O2/c1-14(2)23-13-10-18(21-23)19(24)20-15-4-6-16(7-5-15)25-17-8-11-22(3)12-9-17/h4-7,10,13-14,17H,8-9,11-12H2,1-3H3,(H,20,24). The normalized spacial score (nSPS) is 16.2. The number of hydrogen-bond acceptors (Lipinski definition) is 4. The second kappa shape index (κ2) is 7.70. The van der Waals surface area contributed by atoms with Gasteiger partial charge in [0.15, 0.2) is 5.69 Å². The van der Waals surface area contributed by atoms with E-state index < -0.39 is 0 Å². The molecule has 0 saturated carbocycles. The molecule has 0 radical (unpaired) electrons. The molecule has 1 amide bonds. The molecule has 2 heterocycles. The molecule has 1 N–H and O–H groups in total. The van der Waals surface area contributed by atoms with Gasteiger partial charge >= 0.3 is 0 Å². The molecule has 6 heteroatoms. The summed E-state index contributed by atoms with van der Waals surface area (Å²) in [5.41, 5.74) is 1.15. The van der Waals surface area contributed by atoms with Crippen molar-refractivity contribution in [3.63, 3.8) is 0 Å². The average Bonchev–Trinajstić information content (AvgIpc) is 3.09. The van der Waals surface area contributed by atoms with E-state index in [0.717, 1.165) is 37.4 Å².